The van der Waals surface area contributed by atoms with Crippen LogP contribution in [0.4, 0.5) is 5.69 Å². The Balaban J connectivity index is 1.79. The maximum absolute atomic E-state index is 12.4. The van der Waals surface area contributed by atoms with E-state index in [9.17, 15) is 14.9 Å². The molecule has 0 saturated carbocycles. The molecule has 25 heavy (non-hydrogen) atoms. The van der Waals surface area contributed by atoms with Gasteiger partial charge in [-0.25, -0.2) is 0 Å². The first-order chi connectivity index (χ1) is 12.1. The van der Waals surface area contributed by atoms with Crippen molar-refractivity contribution in [3.8, 4) is 11.5 Å². The molecule has 0 bridgehead atoms. The Morgan fingerprint density at radius 1 is 1.12 bits per heavy atom. The van der Waals surface area contributed by atoms with Gasteiger partial charge in [-0.15, -0.1) is 10.2 Å². The number of aromatic nitrogens is 2. The molecule has 1 unspecified atom stereocenters. The fourth-order valence-corrected chi connectivity index (χ4v) is 2.98. The van der Waals surface area contributed by atoms with Crippen LogP contribution in [0.15, 0.2) is 64.2 Å². The number of carbonyl (C=O) groups is 1. The van der Waals surface area contributed by atoms with Crippen LogP contribution in [0.3, 0.4) is 0 Å². The first kappa shape index (κ1) is 16.8. The molecule has 0 aliphatic rings. The van der Waals surface area contributed by atoms with Gasteiger partial charge in [-0.1, -0.05) is 54.2 Å². The quantitative estimate of drug-likeness (QED) is 0.285. The zero-order chi connectivity index (χ0) is 17.8. The predicted octanol–water partition coefficient (Wildman–Crippen LogP) is 4.01. The number of carbonyl (C=O) groups excluding carboxylic acids is 1. The fourth-order valence-electron chi connectivity index (χ4n) is 2.22. The largest absolute Gasteiger partial charge is 0.411 e. The van der Waals surface area contributed by atoms with Crippen molar-refractivity contribution < 1.29 is 14.1 Å². The number of para-hydroxylation sites is 1. The van der Waals surface area contributed by atoms with E-state index in [1.165, 1.54) is 6.07 Å². The number of benzene rings is 2. The van der Waals surface area contributed by atoms with Gasteiger partial charge in [0.15, 0.2) is 5.78 Å². The highest BCUT2D eigenvalue weighted by atomic mass is 32.2. The number of nitrogens with zero attached hydrogens (tertiary/aromatic N) is 3. The standard InChI is InChI=1S/C17H13N3O4S/c1-11(15(21)12-7-3-2-4-8-12)25-17-19-18-16(24-17)13-9-5-6-10-14(13)20(22)23/h2-11H,1H3. The van der Waals surface area contributed by atoms with Crippen molar-refractivity contribution >= 4 is 23.2 Å². The Morgan fingerprint density at radius 2 is 1.80 bits per heavy atom. The summed E-state index contributed by atoms with van der Waals surface area (Å²) in [5.41, 5.74) is 0.728. The zero-order valence-electron chi connectivity index (χ0n) is 13.2. The number of ketones is 1. The van der Waals surface area contributed by atoms with Crippen LogP contribution in [0.25, 0.3) is 11.5 Å². The molecule has 0 fully saturated rings. The molecule has 0 saturated heterocycles. The van der Waals surface area contributed by atoms with Gasteiger partial charge in [0.25, 0.3) is 16.8 Å². The summed E-state index contributed by atoms with van der Waals surface area (Å²) in [5.74, 6) is -0.00907. The molecule has 126 valence electrons. The second-order valence-corrected chi connectivity index (χ2v) is 6.43. The molecule has 1 heterocycles. The van der Waals surface area contributed by atoms with Gasteiger partial charge < -0.3 is 4.42 Å². The van der Waals surface area contributed by atoms with E-state index in [4.69, 9.17) is 4.42 Å². The number of thioether (sulfide) groups is 1. The van der Waals surface area contributed by atoms with E-state index >= 15 is 0 Å². The van der Waals surface area contributed by atoms with Gasteiger partial charge in [0, 0.05) is 11.6 Å². The first-order valence-corrected chi connectivity index (χ1v) is 8.27. The van der Waals surface area contributed by atoms with Crippen molar-refractivity contribution in [3.63, 3.8) is 0 Å². The van der Waals surface area contributed by atoms with Crippen molar-refractivity contribution in [1.29, 1.82) is 0 Å². The van der Waals surface area contributed by atoms with Crippen molar-refractivity contribution in [1.82, 2.24) is 10.2 Å². The summed E-state index contributed by atoms with van der Waals surface area (Å²) in [6.45, 7) is 1.74. The maximum atomic E-state index is 12.4. The molecule has 8 heteroatoms. The summed E-state index contributed by atoms with van der Waals surface area (Å²) in [6, 6.07) is 15.0. The average molecular weight is 355 g/mol. The molecule has 1 aromatic heterocycles. The van der Waals surface area contributed by atoms with Gasteiger partial charge in [0.05, 0.1) is 10.2 Å². The van der Waals surface area contributed by atoms with Gasteiger partial charge in [-0.2, -0.15) is 0 Å². The summed E-state index contributed by atoms with van der Waals surface area (Å²) in [5, 5.41) is 18.6. The normalized spacial score (nSPS) is 11.9. The molecule has 1 atom stereocenters. The molecule has 0 aliphatic carbocycles. The number of hydrogen-bond acceptors (Lipinski definition) is 7. The van der Waals surface area contributed by atoms with E-state index in [1.807, 2.05) is 6.07 Å². The minimum atomic E-state index is -0.506. The maximum Gasteiger partial charge on any atom is 0.282 e. The average Bonchev–Trinajstić information content (AvgIpc) is 3.10. The molecule has 7 nitrogen and oxygen atoms in total. The van der Waals surface area contributed by atoms with E-state index in [2.05, 4.69) is 10.2 Å². The third kappa shape index (κ3) is 3.74. The summed E-state index contributed by atoms with van der Waals surface area (Å²) in [7, 11) is 0. The minimum Gasteiger partial charge on any atom is -0.411 e. The highest BCUT2D eigenvalue weighted by Gasteiger charge is 2.22. The Kier molecular flexibility index (Phi) is 4.90. The highest BCUT2D eigenvalue weighted by Crippen LogP contribution is 2.32. The van der Waals surface area contributed by atoms with Crippen LogP contribution >= 0.6 is 11.8 Å². The first-order valence-electron chi connectivity index (χ1n) is 7.39. The molecule has 3 rings (SSSR count). The molecule has 0 amide bonds. The van der Waals surface area contributed by atoms with Crippen LogP contribution in [0.5, 0.6) is 0 Å². The molecular formula is C17H13N3O4S. The summed E-state index contributed by atoms with van der Waals surface area (Å²) in [6.07, 6.45) is 0. The lowest BCUT2D eigenvalue weighted by Gasteiger charge is -2.06. The number of Topliss-reactive ketones (excluding diaryl/α,β-unsaturated/α-hetero) is 1. The van der Waals surface area contributed by atoms with Crippen LogP contribution in [0.2, 0.25) is 0 Å². The number of nitro groups is 1. The fraction of sp³-hybridized carbons (Fsp3) is 0.118. The van der Waals surface area contributed by atoms with Gasteiger partial charge in [-0.3, -0.25) is 14.9 Å². The van der Waals surface area contributed by atoms with Crippen LogP contribution < -0.4 is 0 Å². The molecule has 0 spiro atoms. The lowest BCUT2D eigenvalue weighted by Crippen LogP contribution is -2.13. The van der Waals surface area contributed by atoms with Crippen molar-refractivity contribution in [3.05, 3.63) is 70.3 Å². The minimum absolute atomic E-state index is 0.0501. The van der Waals surface area contributed by atoms with Crippen LogP contribution in [0.1, 0.15) is 17.3 Å². The molecule has 0 radical (unpaired) electrons. The van der Waals surface area contributed by atoms with Gasteiger partial charge in [-0.05, 0) is 13.0 Å². The summed E-state index contributed by atoms with van der Waals surface area (Å²) >= 11 is 1.12. The van der Waals surface area contributed by atoms with Crippen molar-refractivity contribution in [2.75, 3.05) is 0 Å². The second-order valence-electron chi connectivity index (χ2n) is 5.14. The van der Waals surface area contributed by atoms with Crippen molar-refractivity contribution in [2.45, 2.75) is 17.4 Å². The Bertz CT molecular complexity index is 911. The van der Waals surface area contributed by atoms with Crippen LogP contribution in [-0.4, -0.2) is 26.2 Å². The SMILES string of the molecule is CC(Sc1nnc(-c2ccccc2[N+](=O)[O-])o1)C(=O)c1ccccc1. The highest BCUT2D eigenvalue weighted by molar-refractivity contribution is 8.00. The van der Waals surface area contributed by atoms with E-state index in [1.54, 1.807) is 49.4 Å². The zero-order valence-corrected chi connectivity index (χ0v) is 14.0. The van der Waals surface area contributed by atoms with E-state index in [-0.39, 0.29) is 28.1 Å². The summed E-state index contributed by atoms with van der Waals surface area (Å²) in [4.78, 5) is 23.0. The smallest absolute Gasteiger partial charge is 0.282 e. The number of nitro benzene ring substituents is 1. The van der Waals surface area contributed by atoms with Crippen LogP contribution in [-0.2, 0) is 0 Å². The van der Waals surface area contributed by atoms with E-state index < -0.39 is 10.2 Å². The van der Waals surface area contributed by atoms with Crippen LogP contribution in [0, 0.1) is 10.1 Å². The van der Waals surface area contributed by atoms with Crippen molar-refractivity contribution in [2.24, 2.45) is 0 Å². The third-order valence-corrected chi connectivity index (χ3v) is 4.38. The molecule has 0 N–H and O–H groups in total. The predicted molar refractivity (Wildman–Crippen MR) is 92.5 cm³/mol. The number of hydrogen-bond donors (Lipinski definition) is 0. The molecule has 2 aromatic carbocycles. The molecular weight excluding hydrogens is 342 g/mol. The molecule has 0 aliphatic heterocycles. The Morgan fingerprint density at radius 3 is 2.52 bits per heavy atom. The molecule has 3 aromatic rings. The summed E-state index contributed by atoms with van der Waals surface area (Å²) < 4.78 is 5.50. The third-order valence-electron chi connectivity index (χ3n) is 3.44. The Hall–Kier alpha value is -3.00. The van der Waals surface area contributed by atoms with Gasteiger partial charge in [0.1, 0.15) is 5.56 Å². The van der Waals surface area contributed by atoms with Gasteiger partial charge in [0.2, 0.25) is 0 Å². The van der Waals surface area contributed by atoms with Gasteiger partial charge >= 0.3 is 0 Å². The Labute approximate surface area is 147 Å². The lowest BCUT2D eigenvalue weighted by molar-refractivity contribution is -0.384. The lowest BCUT2D eigenvalue weighted by atomic mass is 10.1. The number of rotatable bonds is 6. The topological polar surface area (TPSA) is 99.1 Å². The monoisotopic (exact) mass is 355 g/mol. The second kappa shape index (κ2) is 7.27. The van der Waals surface area contributed by atoms with E-state index in [0.717, 1.165) is 11.8 Å². The van der Waals surface area contributed by atoms with E-state index in [0.29, 0.717) is 5.56 Å².